The first-order valence-corrected chi connectivity index (χ1v) is 5.91. The average molecular weight is 221 g/mol. The number of para-hydroxylation sites is 1. The van der Waals surface area contributed by atoms with Gasteiger partial charge in [0.25, 0.3) is 0 Å². The Balaban J connectivity index is 1.76. The van der Waals surface area contributed by atoms with Gasteiger partial charge in [-0.25, -0.2) is 0 Å². The molecule has 0 aromatic heterocycles. The Hall–Kier alpha value is -1.06. The van der Waals surface area contributed by atoms with Gasteiger partial charge in [-0.2, -0.15) is 0 Å². The molecule has 2 rings (SSSR count). The highest BCUT2D eigenvalue weighted by molar-refractivity contribution is 5.42. The molecule has 1 aliphatic heterocycles. The Labute approximate surface area is 96.4 Å². The highest BCUT2D eigenvalue weighted by atomic mass is 16.5. The Morgan fingerprint density at radius 2 is 1.94 bits per heavy atom. The van der Waals surface area contributed by atoms with Crippen LogP contribution in [0.3, 0.4) is 0 Å². The summed E-state index contributed by atoms with van der Waals surface area (Å²) in [6, 6.07) is 9.99. The topological polar surface area (TPSA) is 41.5 Å². The molecule has 0 radical (unpaired) electrons. The van der Waals surface area contributed by atoms with Crippen molar-refractivity contribution in [2.24, 2.45) is 5.92 Å². The molecule has 3 nitrogen and oxygen atoms in total. The van der Waals surface area contributed by atoms with Crippen LogP contribution in [0.2, 0.25) is 0 Å². The van der Waals surface area contributed by atoms with Gasteiger partial charge in [0.1, 0.15) is 0 Å². The number of aliphatic hydroxyl groups is 1. The normalized spacial score (nSPS) is 19.3. The molecule has 16 heavy (non-hydrogen) atoms. The second-order valence-corrected chi connectivity index (χ2v) is 4.26. The fourth-order valence-electron chi connectivity index (χ4n) is 2.05. The number of rotatable bonds is 4. The minimum atomic E-state index is -0.274. The highest BCUT2D eigenvalue weighted by Crippen LogP contribution is 2.19. The fourth-order valence-corrected chi connectivity index (χ4v) is 2.05. The predicted octanol–water partition coefficient (Wildman–Crippen LogP) is 1.89. The second-order valence-electron chi connectivity index (χ2n) is 4.26. The van der Waals surface area contributed by atoms with Crippen molar-refractivity contribution in [1.29, 1.82) is 0 Å². The van der Waals surface area contributed by atoms with E-state index in [0.717, 1.165) is 31.7 Å². The van der Waals surface area contributed by atoms with Gasteiger partial charge in [0, 0.05) is 25.4 Å². The summed E-state index contributed by atoms with van der Waals surface area (Å²) >= 11 is 0. The second kappa shape index (κ2) is 5.87. The lowest BCUT2D eigenvalue weighted by molar-refractivity contribution is 0.0131. The van der Waals surface area contributed by atoms with Crippen molar-refractivity contribution in [3.05, 3.63) is 30.3 Å². The molecule has 1 atom stereocenters. The molecule has 88 valence electrons. The Morgan fingerprint density at radius 3 is 2.62 bits per heavy atom. The molecule has 0 aliphatic carbocycles. The van der Waals surface area contributed by atoms with E-state index in [1.54, 1.807) is 0 Å². The van der Waals surface area contributed by atoms with Crippen molar-refractivity contribution < 1.29 is 9.84 Å². The maximum Gasteiger partial charge on any atom is 0.0742 e. The maximum absolute atomic E-state index is 10.0. The summed E-state index contributed by atoms with van der Waals surface area (Å²) < 4.78 is 5.28. The van der Waals surface area contributed by atoms with Crippen LogP contribution in [0.1, 0.15) is 12.8 Å². The Kier molecular flexibility index (Phi) is 4.19. The molecule has 1 saturated heterocycles. The fraction of sp³-hybridized carbons (Fsp3) is 0.538. The van der Waals surface area contributed by atoms with Crippen molar-refractivity contribution in [3.8, 4) is 0 Å². The van der Waals surface area contributed by atoms with Crippen LogP contribution in [-0.2, 0) is 4.74 Å². The molecular weight excluding hydrogens is 202 g/mol. The zero-order chi connectivity index (χ0) is 11.2. The number of nitrogens with one attached hydrogen (secondary N) is 1. The molecule has 3 heteroatoms. The van der Waals surface area contributed by atoms with Gasteiger partial charge in [0.2, 0.25) is 0 Å². The Bertz CT molecular complexity index is 296. The third-order valence-corrected chi connectivity index (χ3v) is 3.10. The van der Waals surface area contributed by atoms with E-state index in [4.69, 9.17) is 4.74 Å². The molecule has 1 aromatic rings. The van der Waals surface area contributed by atoms with Crippen molar-refractivity contribution in [3.63, 3.8) is 0 Å². The van der Waals surface area contributed by atoms with Gasteiger partial charge in [0.15, 0.2) is 0 Å². The zero-order valence-electron chi connectivity index (χ0n) is 9.43. The molecule has 1 aromatic carbocycles. The summed E-state index contributed by atoms with van der Waals surface area (Å²) in [4.78, 5) is 0. The van der Waals surface area contributed by atoms with E-state index in [1.165, 1.54) is 0 Å². The summed E-state index contributed by atoms with van der Waals surface area (Å²) in [6.07, 6.45) is 1.67. The largest absolute Gasteiger partial charge is 0.391 e. The summed E-state index contributed by atoms with van der Waals surface area (Å²) in [5.41, 5.74) is 1.06. The summed E-state index contributed by atoms with van der Waals surface area (Å²) in [7, 11) is 0. The maximum atomic E-state index is 10.0. The first kappa shape index (κ1) is 11.4. The van der Waals surface area contributed by atoms with Crippen LogP contribution >= 0.6 is 0 Å². The predicted molar refractivity (Wildman–Crippen MR) is 64.5 cm³/mol. The summed E-state index contributed by atoms with van der Waals surface area (Å²) in [5, 5.41) is 13.3. The number of aliphatic hydroxyl groups excluding tert-OH is 1. The number of ether oxygens (including phenoxy) is 1. The molecule has 0 amide bonds. The SMILES string of the molecule is OC(CNc1ccccc1)C1CCOCC1. The molecule has 1 aliphatic rings. The first-order valence-electron chi connectivity index (χ1n) is 5.91. The molecule has 0 spiro atoms. The molecule has 1 unspecified atom stereocenters. The van der Waals surface area contributed by atoms with Crippen LogP contribution in [0, 0.1) is 5.92 Å². The van der Waals surface area contributed by atoms with E-state index in [-0.39, 0.29) is 6.10 Å². The van der Waals surface area contributed by atoms with Crippen LogP contribution in [-0.4, -0.2) is 31.0 Å². The van der Waals surface area contributed by atoms with E-state index in [1.807, 2.05) is 30.3 Å². The van der Waals surface area contributed by atoms with E-state index in [9.17, 15) is 5.11 Å². The van der Waals surface area contributed by atoms with Crippen molar-refractivity contribution >= 4 is 5.69 Å². The molecule has 1 heterocycles. The lowest BCUT2D eigenvalue weighted by Crippen LogP contribution is -2.32. The first-order chi connectivity index (χ1) is 7.86. The minimum Gasteiger partial charge on any atom is -0.391 e. The molecule has 0 bridgehead atoms. The van der Waals surface area contributed by atoms with Gasteiger partial charge in [-0.1, -0.05) is 18.2 Å². The summed E-state index contributed by atoms with van der Waals surface area (Å²) in [5.74, 6) is 0.380. The highest BCUT2D eigenvalue weighted by Gasteiger charge is 2.21. The van der Waals surface area contributed by atoms with Crippen LogP contribution in [0.5, 0.6) is 0 Å². The van der Waals surface area contributed by atoms with Gasteiger partial charge < -0.3 is 15.2 Å². The molecule has 2 N–H and O–H groups in total. The molecule has 1 fully saturated rings. The lowest BCUT2D eigenvalue weighted by Gasteiger charge is -2.27. The van der Waals surface area contributed by atoms with E-state index in [0.29, 0.717) is 12.5 Å². The van der Waals surface area contributed by atoms with Crippen molar-refractivity contribution in [2.75, 3.05) is 25.1 Å². The average Bonchev–Trinajstić information content (AvgIpc) is 2.38. The van der Waals surface area contributed by atoms with Gasteiger partial charge in [-0.15, -0.1) is 0 Å². The van der Waals surface area contributed by atoms with Gasteiger partial charge in [-0.3, -0.25) is 0 Å². The van der Waals surface area contributed by atoms with Crippen molar-refractivity contribution in [1.82, 2.24) is 0 Å². The van der Waals surface area contributed by atoms with Crippen LogP contribution in [0.15, 0.2) is 30.3 Å². The zero-order valence-corrected chi connectivity index (χ0v) is 9.43. The van der Waals surface area contributed by atoms with Crippen LogP contribution in [0.25, 0.3) is 0 Å². The van der Waals surface area contributed by atoms with E-state index in [2.05, 4.69) is 5.32 Å². The number of hydrogen-bond donors (Lipinski definition) is 2. The standard InChI is InChI=1S/C13H19NO2/c15-13(11-6-8-16-9-7-11)10-14-12-4-2-1-3-5-12/h1-5,11,13-15H,6-10H2. The van der Waals surface area contributed by atoms with Crippen LogP contribution in [0.4, 0.5) is 5.69 Å². The lowest BCUT2D eigenvalue weighted by atomic mass is 9.94. The molecular formula is C13H19NO2. The van der Waals surface area contributed by atoms with E-state index < -0.39 is 0 Å². The minimum absolute atomic E-state index is 0.274. The van der Waals surface area contributed by atoms with Crippen molar-refractivity contribution in [2.45, 2.75) is 18.9 Å². The quantitative estimate of drug-likeness (QED) is 0.815. The smallest absolute Gasteiger partial charge is 0.0742 e. The monoisotopic (exact) mass is 221 g/mol. The van der Waals surface area contributed by atoms with Crippen LogP contribution < -0.4 is 5.32 Å². The number of anilines is 1. The van der Waals surface area contributed by atoms with Gasteiger partial charge in [-0.05, 0) is 30.9 Å². The number of benzene rings is 1. The third-order valence-electron chi connectivity index (χ3n) is 3.10. The summed E-state index contributed by atoms with van der Waals surface area (Å²) in [6.45, 7) is 2.19. The van der Waals surface area contributed by atoms with E-state index >= 15 is 0 Å². The molecule has 0 saturated carbocycles. The number of hydrogen-bond acceptors (Lipinski definition) is 3. The van der Waals surface area contributed by atoms with Gasteiger partial charge in [0.05, 0.1) is 6.10 Å². The Morgan fingerprint density at radius 1 is 1.25 bits per heavy atom. The third kappa shape index (κ3) is 3.22. The van der Waals surface area contributed by atoms with Gasteiger partial charge >= 0.3 is 0 Å².